The third-order valence-electron chi connectivity index (χ3n) is 10.7. The Morgan fingerprint density at radius 2 is 0.796 bits per heavy atom. The van der Waals surface area contributed by atoms with Crippen LogP contribution in [0.15, 0.2) is 205 Å². The summed E-state index contributed by atoms with van der Waals surface area (Å²) in [6.45, 7) is 4.67. The first-order valence-electron chi connectivity index (χ1n) is 18.5. The van der Waals surface area contributed by atoms with Crippen LogP contribution in [0.5, 0.6) is 0 Å². The highest BCUT2D eigenvalue weighted by atomic mass is 79.9. The van der Waals surface area contributed by atoms with E-state index in [1.54, 1.807) is 0 Å². The van der Waals surface area contributed by atoms with Gasteiger partial charge in [-0.25, -0.2) is 0 Å². The normalized spacial score (nSPS) is 12.5. The number of halogens is 1. The van der Waals surface area contributed by atoms with Crippen molar-refractivity contribution in [1.29, 1.82) is 0 Å². The van der Waals surface area contributed by atoms with Crippen molar-refractivity contribution in [2.75, 3.05) is 9.80 Å². The Labute approximate surface area is 326 Å². The standard InChI is InChI=1S/C51H39BrN2/c1-51(2)49-24-13-12-23-47(49)48-35-46(29-30-50(48)51)54(43-20-10-5-11-21-43)44-27-25-36(26-28-44)38-31-39(33-40(52)32-38)37-15-14-22-45(34-37)53(41-16-6-3-7-17-41)42-18-8-4-9-19-42/h3-35H,1-2H3. The minimum Gasteiger partial charge on any atom is -0.310 e. The Morgan fingerprint density at radius 3 is 1.41 bits per heavy atom. The van der Waals surface area contributed by atoms with Gasteiger partial charge in [0.05, 0.1) is 0 Å². The van der Waals surface area contributed by atoms with Crippen molar-refractivity contribution in [2.24, 2.45) is 0 Å². The smallest absolute Gasteiger partial charge is 0.0468 e. The number of para-hydroxylation sites is 3. The van der Waals surface area contributed by atoms with Crippen LogP contribution in [0.4, 0.5) is 34.1 Å². The summed E-state index contributed by atoms with van der Waals surface area (Å²) in [5.74, 6) is 0. The second kappa shape index (κ2) is 14.0. The van der Waals surface area contributed by atoms with Crippen LogP contribution < -0.4 is 9.80 Å². The largest absolute Gasteiger partial charge is 0.310 e. The first-order valence-corrected chi connectivity index (χ1v) is 19.2. The maximum absolute atomic E-state index is 3.85. The summed E-state index contributed by atoms with van der Waals surface area (Å²) in [7, 11) is 0. The zero-order valence-electron chi connectivity index (χ0n) is 30.3. The summed E-state index contributed by atoms with van der Waals surface area (Å²) < 4.78 is 1.04. The lowest BCUT2D eigenvalue weighted by Gasteiger charge is -2.27. The summed E-state index contributed by atoms with van der Waals surface area (Å²) in [6, 6.07) is 72.1. The molecule has 3 heteroatoms. The molecule has 0 unspecified atom stereocenters. The number of hydrogen-bond acceptors (Lipinski definition) is 2. The molecule has 0 N–H and O–H groups in total. The van der Waals surface area contributed by atoms with E-state index in [0.29, 0.717) is 0 Å². The molecule has 8 aromatic carbocycles. The Kier molecular flexibility index (Phi) is 8.73. The van der Waals surface area contributed by atoms with Gasteiger partial charge in [0.2, 0.25) is 0 Å². The number of nitrogens with zero attached hydrogens (tertiary/aromatic N) is 2. The molecule has 54 heavy (non-hydrogen) atoms. The SMILES string of the molecule is CC1(C)c2ccccc2-c2cc(N(c3ccccc3)c3ccc(-c4cc(Br)cc(-c5cccc(N(c6ccccc6)c6ccccc6)c5)c4)cc3)ccc21. The predicted octanol–water partition coefficient (Wildman–Crippen LogP) is 15.0. The Hall–Kier alpha value is -6.16. The zero-order valence-corrected chi connectivity index (χ0v) is 31.9. The maximum Gasteiger partial charge on any atom is 0.0468 e. The van der Waals surface area contributed by atoms with Crippen LogP contribution in [0.25, 0.3) is 33.4 Å². The topological polar surface area (TPSA) is 6.48 Å². The third kappa shape index (κ3) is 6.21. The van der Waals surface area contributed by atoms with Gasteiger partial charge in [0.25, 0.3) is 0 Å². The van der Waals surface area contributed by atoms with Crippen LogP contribution in [0.2, 0.25) is 0 Å². The van der Waals surface area contributed by atoms with Crippen molar-refractivity contribution in [3.63, 3.8) is 0 Å². The van der Waals surface area contributed by atoms with E-state index in [1.807, 2.05) is 0 Å². The Morgan fingerprint density at radius 1 is 0.333 bits per heavy atom. The van der Waals surface area contributed by atoms with Gasteiger partial charge in [0.1, 0.15) is 0 Å². The minimum atomic E-state index is -0.0308. The summed E-state index contributed by atoms with van der Waals surface area (Å²) in [5.41, 5.74) is 16.7. The highest BCUT2D eigenvalue weighted by molar-refractivity contribution is 9.10. The lowest BCUT2D eigenvalue weighted by atomic mass is 9.82. The maximum atomic E-state index is 3.85. The fourth-order valence-electron chi connectivity index (χ4n) is 8.02. The van der Waals surface area contributed by atoms with Gasteiger partial charge < -0.3 is 9.80 Å². The van der Waals surface area contributed by atoms with Crippen molar-refractivity contribution in [2.45, 2.75) is 19.3 Å². The molecule has 1 aliphatic rings. The number of anilines is 6. The van der Waals surface area contributed by atoms with Gasteiger partial charge in [-0.15, -0.1) is 0 Å². The van der Waals surface area contributed by atoms with E-state index in [2.05, 4.69) is 240 Å². The van der Waals surface area contributed by atoms with Crippen LogP contribution in [-0.4, -0.2) is 0 Å². The molecule has 2 nitrogen and oxygen atoms in total. The van der Waals surface area contributed by atoms with E-state index in [4.69, 9.17) is 0 Å². The van der Waals surface area contributed by atoms with Gasteiger partial charge in [-0.1, -0.05) is 139 Å². The molecule has 9 rings (SSSR count). The minimum absolute atomic E-state index is 0.0308. The zero-order chi connectivity index (χ0) is 36.6. The molecule has 1 aliphatic carbocycles. The van der Waals surface area contributed by atoms with Gasteiger partial charge in [0, 0.05) is 44.0 Å². The van der Waals surface area contributed by atoms with E-state index in [0.717, 1.165) is 60.9 Å². The molecule has 0 atom stereocenters. The third-order valence-corrected chi connectivity index (χ3v) is 11.1. The van der Waals surface area contributed by atoms with Crippen molar-refractivity contribution in [3.8, 4) is 33.4 Å². The van der Waals surface area contributed by atoms with Crippen LogP contribution in [0.3, 0.4) is 0 Å². The van der Waals surface area contributed by atoms with E-state index in [-0.39, 0.29) is 5.41 Å². The molecular weight excluding hydrogens is 720 g/mol. The van der Waals surface area contributed by atoms with Crippen LogP contribution in [0, 0.1) is 0 Å². The highest BCUT2D eigenvalue weighted by Crippen LogP contribution is 2.50. The second-order valence-corrected chi connectivity index (χ2v) is 15.3. The van der Waals surface area contributed by atoms with E-state index < -0.39 is 0 Å². The molecule has 0 radical (unpaired) electrons. The van der Waals surface area contributed by atoms with Crippen LogP contribution in [0.1, 0.15) is 25.0 Å². The van der Waals surface area contributed by atoms with E-state index >= 15 is 0 Å². The average molecular weight is 760 g/mol. The van der Waals surface area contributed by atoms with Crippen molar-refractivity contribution in [3.05, 3.63) is 216 Å². The quantitative estimate of drug-likeness (QED) is 0.152. The summed E-state index contributed by atoms with van der Waals surface area (Å²) in [6.07, 6.45) is 0. The molecule has 0 heterocycles. The summed E-state index contributed by atoms with van der Waals surface area (Å²) >= 11 is 3.85. The molecule has 8 aromatic rings. The van der Waals surface area contributed by atoms with Gasteiger partial charge in [-0.05, 0) is 136 Å². The monoisotopic (exact) mass is 758 g/mol. The number of benzene rings is 8. The van der Waals surface area contributed by atoms with Gasteiger partial charge in [-0.2, -0.15) is 0 Å². The van der Waals surface area contributed by atoms with E-state index in [9.17, 15) is 0 Å². The average Bonchev–Trinajstić information content (AvgIpc) is 3.45. The number of fused-ring (bicyclic) bond motifs is 3. The Bertz CT molecular complexity index is 2540. The molecule has 0 saturated heterocycles. The lowest BCUT2D eigenvalue weighted by molar-refractivity contribution is 0.660. The van der Waals surface area contributed by atoms with Crippen molar-refractivity contribution in [1.82, 2.24) is 0 Å². The first-order chi connectivity index (χ1) is 26.4. The van der Waals surface area contributed by atoms with Crippen LogP contribution >= 0.6 is 15.9 Å². The number of hydrogen-bond donors (Lipinski definition) is 0. The molecule has 0 spiro atoms. The van der Waals surface area contributed by atoms with Crippen LogP contribution in [-0.2, 0) is 5.41 Å². The van der Waals surface area contributed by atoms with Gasteiger partial charge in [-0.3, -0.25) is 0 Å². The summed E-state index contributed by atoms with van der Waals surface area (Å²) in [5, 5.41) is 0. The fraction of sp³-hybridized carbons (Fsp3) is 0.0588. The van der Waals surface area contributed by atoms with Gasteiger partial charge >= 0.3 is 0 Å². The highest BCUT2D eigenvalue weighted by Gasteiger charge is 2.35. The van der Waals surface area contributed by atoms with Crippen molar-refractivity contribution >= 4 is 50.1 Å². The molecule has 0 amide bonds. The molecule has 0 bridgehead atoms. The second-order valence-electron chi connectivity index (χ2n) is 14.4. The fourth-order valence-corrected chi connectivity index (χ4v) is 8.52. The lowest BCUT2D eigenvalue weighted by Crippen LogP contribution is -2.15. The number of rotatable bonds is 8. The molecule has 260 valence electrons. The molecular formula is C51H39BrN2. The van der Waals surface area contributed by atoms with Crippen molar-refractivity contribution < 1.29 is 0 Å². The molecule has 0 aliphatic heterocycles. The molecule has 0 fully saturated rings. The van der Waals surface area contributed by atoms with E-state index in [1.165, 1.54) is 22.3 Å². The summed E-state index contributed by atoms with van der Waals surface area (Å²) in [4.78, 5) is 4.67. The van der Waals surface area contributed by atoms with Gasteiger partial charge in [0.15, 0.2) is 0 Å². The predicted molar refractivity (Wildman–Crippen MR) is 232 cm³/mol. The molecule has 0 aromatic heterocycles. The molecule has 0 saturated carbocycles. The Balaban J connectivity index is 1.07. The first kappa shape index (κ1) is 33.7.